The zero-order chi connectivity index (χ0) is 17.5. The summed E-state index contributed by atoms with van der Waals surface area (Å²) in [4.78, 5) is 25.1. The average molecular weight is 347 g/mol. The molecule has 2 aromatic rings. The van der Waals surface area contributed by atoms with Crippen molar-refractivity contribution in [2.24, 2.45) is 0 Å². The molecule has 4 nitrogen and oxygen atoms in total. The van der Waals surface area contributed by atoms with E-state index >= 15 is 0 Å². The van der Waals surface area contributed by atoms with Crippen LogP contribution in [0.3, 0.4) is 0 Å². The Morgan fingerprint density at radius 2 is 1.67 bits per heavy atom. The molecule has 6 heteroatoms. The number of ether oxygens (including phenoxy) is 1. The van der Waals surface area contributed by atoms with Crippen LogP contribution in [0.4, 0.5) is 10.1 Å². The van der Waals surface area contributed by atoms with Crippen LogP contribution in [-0.2, 0) is 14.3 Å². The lowest BCUT2D eigenvalue weighted by molar-refractivity contribution is -0.152. The maximum atomic E-state index is 12.8. The van der Waals surface area contributed by atoms with Gasteiger partial charge in [0.25, 0.3) is 5.91 Å². The third-order valence-corrected chi connectivity index (χ3v) is 4.25. The molecule has 0 spiro atoms. The predicted molar refractivity (Wildman–Crippen MR) is 92.3 cm³/mol. The largest absolute Gasteiger partial charge is 0.452 e. The number of halogens is 1. The lowest BCUT2D eigenvalue weighted by Gasteiger charge is -2.16. The molecule has 0 saturated carbocycles. The maximum absolute atomic E-state index is 12.8. The van der Waals surface area contributed by atoms with Crippen molar-refractivity contribution in [2.75, 3.05) is 5.32 Å². The summed E-state index contributed by atoms with van der Waals surface area (Å²) in [5.41, 5.74) is 0.441. The van der Waals surface area contributed by atoms with E-state index < -0.39 is 23.2 Å². The molecule has 1 amide bonds. The number of hydrogen-bond acceptors (Lipinski definition) is 4. The van der Waals surface area contributed by atoms with Crippen molar-refractivity contribution in [1.82, 2.24) is 0 Å². The van der Waals surface area contributed by atoms with E-state index in [1.807, 2.05) is 30.3 Å². The number of esters is 1. The quantitative estimate of drug-likeness (QED) is 0.636. The average Bonchev–Trinajstić information content (AvgIpc) is 2.57. The van der Waals surface area contributed by atoms with Gasteiger partial charge in [0.1, 0.15) is 11.1 Å². The van der Waals surface area contributed by atoms with Crippen LogP contribution in [0.1, 0.15) is 13.8 Å². The highest BCUT2D eigenvalue weighted by Crippen LogP contribution is 2.23. The smallest absolute Gasteiger partial charge is 0.319 e. The van der Waals surface area contributed by atoms with Crippen LogP contribution < -0.4 is 5.32 Å². The first-order valence-corrected chi connectivity index (χ1v) is 8.32. The van der Waals surface area contributed by atoms with E-state index in [-0.39, 0.29) is 5.82 Å². The zero-order valence-electron chi connectivity index (χ0n) is 13.4. The van der Waals surface area contributed by atoms with Crippen molar-refractivity contribution in [3.8, 4) is 0 Å². The Morgan fingerprint density at radius 1 is 1.04 bits per heavy atom. The second kappa shape index (κ2) is 8.49. The van der Waals surface area contributed by atoms with Crippen LogP contribution in [0.15, 0.2) is 59.5 Å². The van der Waals surface area contributed by atoms with Crippen LogP contribution >= 0.6 is 11.8 Å². The lowest BCUT2D eigenvalue weighted by Crippen LogP contribution is -2.32. The Balaban J connectivity index is 1.85. The fourth-order valence-corrected chi connectivity index (χ4v) is 2.73. The third-order valence-electron chi connectivity index (χ3n) is 3.16. The second-order valence-electron chi connectivity index (χ2n) is 5.15. The van der Waals surface area contributed by atoms with Crippen LogP contribution in [0.2, 0.25) is 0 Å². The number of amides is 1. The Morgan fingerprint density at radius 3 is 2.29 bits per heavy atom. The molecule has 24 heavy (non-hydrogen) atoms. The number of carbonyl (C=O) groups excluding carboxylic acids is 2. The number of rotatable bonds is 6. The summed E-state index contributed by atoms with van der Waals surface area (Å²) in [6.07, 6.45) is -0.943. The molecule has 0 radical (unpaired) electrons. The highest BCUT2D eigenvalue weighted by atomic mass is 32.2. The van der Waals surface area contributed by atoms with Crippen LogP contribution in [0.25, 0.3) is 0 Å². The summed E-state index contributed by atoms with van der Waals surface area (Å²) in [5.74, 6) is -1.32. The van der Waals surface area contributed by atoms with Gasteiger partial charge in [-0.15, -0.1) is 11.8 Å². The number of benzene rings is 2. The van der Waals surface area contributed by atoms with E-state index in [2.05, 4.69) is 5.32 Å². The summed E-state index contributed by atoms with van der Waals surface area (Å²) in [5, 5.41) is 2.14. The highest BCUT2D eigenvalue weighted by molar-refractivity contribution is 8.00. The van der Waals surface area contributed by atoms with Gasteiger partial charge >= 0.3 is 5.97 Å². The number of anilines is 1. The molecule has 0 aromatic heterocycles. The van der Waals surface area contributed by atoms with E-state index in [9.17, 15) is 14.0 Å². The summed E-state index contributed by atoms with van der Waals surface area (Å²) >= 11 is 1.36. The Kier molecular flexibility index (Phi) is 6.37. The van der Waals surface area contributed by atoms with Crippen molar-refractivity contribution in [2.45, 2.75) is 30.1 Å². The standard InChI is InChI=1S/C18H18FNO3S/c1-12(17(21)20-15-10-8-14(19)9-11-15)23-18(22)13(2)24-16-6-4-3-5-7-16/h3-13H,1-2H3,(H,20,21)/t12-,13-/m0/s1. The van der Waals surface area contributed by atoms with Gasteiger partial charge in [0, 0.05) is 10.6 Å². The number of hydrogen-bond donors (Lipinski definition) is 1. The molecular weight excluding hydrogens is 329 g/mol. The maximum Gasteiger partial charge on any atom is 0.319 e. The van der Waals surface area contributed by atoms with E-state index in [0.29, 0.717) is 5.69 Å². The minimum atomic E-state index is -0.943. The first kappa shape index (κ1) is 18.0. The van der Waals surface area contributed by atoms with E-state index in [1.165, 1.54) is 43.0 Å². The van der Waals surface area contributed by atoms with Gasteiger partial charge in [0.05, 0.1) is 0 Å². The van der Waals surface area contributed by atoms with Crippen molar-refractivity contribution in [3.05, 3.63) is 60.4 Å². The van der Waals surface area contributed by atoms with Gasteiger partial charge in [0.15, 0.2) is 6.10 Å². The molecule has 1 N–H and O–H groups in total. The molecule has 0 bridgehead atoms. The van der Waals surface area contributed by atoms with Crippen molar-refractivity contribution in [1.29, 1.82) is 0 Å². The van der Waals surface area contributed by atoms with Crippen LogP contribution in [-0.4, -0.2) is 23.2 Å². The summed E-state index contributed by atoms with van der Waals surface area (Å²) in [7, 11) is 0. The van der Waals surface area contributed by atoms with Crippen LogP contribution in [0.5, 0.6) is 0 Å². The molecule has 0 unspecified atom stereocenters. The number of thioether (sulfide) groups is 1. The minimum Gasteiger partial charge on any atom is -0.452 e. The van der Waals surface area contributed by atoms with Crippen molar-refractivity contribution >= 4 is 29.3 Å². The predicted octanol–water partition coefficient (Wildman–Crippen LogP) is 3.88. The molecule has 0 saturated heterocycles. The first-order valence-electron chi connectivity index (χ1n) is 7.44. The van der Waals surface area contributed by atoms with Gasteiger partial charge in [-0.1, -0.05) is 18.2 Å². The molecule has 2 atom stereocenters. The molecular formula is C18H18FNO3S. The molecule has 0 fully saturated rings. The second-order valence-corrected chi connectivity index (χ2v) is 6.56. The molecule has 0 aliphatic rings. The van der Waals surface area contributed by atoms with Crippen LogP contribution in [0, 0.1) is 5.82 Å². The zero-order valence-corrected chi connectivity index (χ0v) is 14.2. The van der Waals surface area contributed by atoms with Gasteiger partial charge in [-0.25, -0.2) is 4.39 Å². The number of nitrogens with one attached hydrogen (secondary N) is 1. The first-order chi connectivity index (χ1) is 11.5. The monoisotopic (exact) mass is 347 g/mol. The Labute approximate surface area is 144 Å². The SMILES string of the molecule is C[C@H](OC(=O)[C@H](C)Sc1ccccc1)C(=O)Nc1ccc(F)cc1. The van der Waals surface area contributed by atoms with Gasteiger partial charge in [0.2, 0.25) is 0 Å². The summed E-state index contributed by atoms with van der Waals surface area (Å²) in [6.45, 7) is 3.22. The Bertz CT molecular complexity index is 691. The molecule has 126 valence electrons. The van der Waals surface area contributed by atoms with Gasteiger partial charge in [-0.05, 0) is 50.2 Å². The topological polar surface area (TPSA) is 55.4 Å². The van der Waals surface area contributed by atoms with Gasteiger partial charge < -0.3 is 10.1 Å². The van der Waals surface area contributed by atoms with Crippen molar-refractivity contribution < 1.29 is 18.7 Å². The fourth-order valence-electron chi connectivity index (χ4n) is 1.85. The van der Waals surface area contributed by atoms with E-state index in [1.54, 1.807) is 6.92 Å². The highest BCUT2D eigenvalue weighted by Gasteiger charge is 2.22. The molecule has 0 heterocycles. The normalized spacial score (nSPS) is 13.0. The summed E-state index contributed by atoms with van der Waals surface area (Å²) < 4.78 is 18.0. The minimum absolute atomic E-state index is 0.390. The molecule has 0 aliphatic carbocycles. The number of carbonyl (C=O) groups is 2. The molecule has 0 aliphatic heterocycles. The third kappa shape index (κ3) is 5.38. The van der Waals surface area contributed by atoms with E-state index in [0.717, 1.165) is 4.90 Å². The fraction of sp³-hybridized carbons (Fsp3) is 0.222. The summed E-state index contributed by atoms with van der Waals surface area (Å²) in [6, 6.07) is 14.8. The van der Waals surface area contributed by atoms with Gasteiger partial charge in [-0.3, -0.25) is 9.59 Å². The van der Waals surface area contributed by atoms with E-state index in [4.69, 9.17) is 4.74 Å². The molecule has 2 aromatic carbocycles. The molecule has 2 rings (SSSR count). The Hall–Kier alpha value is -2.34. The van der Waals surface area contributed by atoms with Crippen molar-refractivity contribution in [3.63, 3.8) is 0 Å². The lowest BCUT2D eigenvalue weighted by atomic mass is 10.3. The van der Waals surface area contributed by atoms with Gasteiger partial charge in [-0.2, -0.15) is 0 Å².